The lowest BCUT2D eigenvalue weighted by Gasteiger charge is -2.20. The molecule has 0 aliphatic carbocycles. The zero-order chi connectivity index (χ0) is 13.7. The number of pyridine rings is 1. The molecule has 0 bridgehead atoms. The van der Waals surface area contributed by atoms with Crippen molar-refractivity contribution < 1.29 is 13.2 Å². The second-order valence-corrected chi connectivity index (χ2v) is 5.49. The van der Waals surface area contributed by atoms with Gasteiger partial charge in [0.15, 0.2) is 17.5 Å². The van der Waals surface area contributed by atoms with E-state index in [1.165, 1.54) is 6.07 Å². The topological polar surface area (TPSA) is 12.9 Å². The minimum Gasteiger partial charge on any atom is -0.236 e. The van der Waals surface area contributed by atoms with Gasteiger partial charge in [0.2, 0.25) is 0 Å². The van der Waals surface area contributed by atoms with Crippen molar-refractivity contribution in [3.8, 4) is 0 Å². The standard InChI is InChI=1S/C13H11ClF3N/c1-13(2,3)7-4-6-9(18-12(7)14)5-8(15)11(17)10(6)16/h4-5H,1-3H3. The largest absolute Gasteiger partial charge is 0.236 e. The molecule has 0 radical (unpaired) electrons. The second-order valence-electron chi connectivity index (χ2n) is 5.13. The molecule has 2 rings (SSSR count). The first-order valence-corrected chi connectivity index (χ1v) is 5.74. The Labute approximate surface area is 108 Å². The summed E-state index contributed by atoms with van der Waals surface area (Å²) < 4.78 is 39.9. The van der Waals surface area contributed by atoms with Gasteiger partial charge in [-0.1, -0.05) is 32.4 Å². The molecule has 0 saturated heterocycles. The Morgan fingerprint density at radius 2 is 1.67 bits per heavy atom. The Kier molecular flexibility index (Phi) is 3.01. The van der Waals surface area contributed by atoms with Crippen LogP contribution in [0.3, 0.4) is 0 Å². The maximum atomic E-state index is 13.7. The van der Waals surface area contributed by atoms with Gasteiger partial charge in [-0.25, -0.2) is 18.2 Å². The summed E-state index contributed by atoms with van der Waals surface area (Å²) in [7, 11) is 0. The van der Waals surface area contributed by atoms with Crippen molar-refractivity contribution >= 4 is 22.5 Å². The molecule has 0 saturated carbocycles. The van der Waals surface area contributed by atoms with Crippen LogP contribution in [-0.2, 0) is 5.41 Å². The fourth-order valence-electron chi connectivity index (χ4n) is 1.72. The van der Waals surface area contributed by atoms with E-state index >= 15 is 0 Å². The van der Waals surface area contributed by atoms with Crippen molar-refractivity contribution in [3.63, 3.8) is 0 Å². The number of aromatic nitrogens is 1. The number of halogens is 4. The van der Waals surface area contributed by atoms with Crippen molar-refractivity contribution in [2.24, 2.45) is 0 Å². The molecule has 0 spiro atoms. The molecule has 0 atom stereocenters. The molecule has 1 aromatic heterocycles. The van der Waals surface area contributed by atoms with E-state index in [2.05, 4.69) is 4.98 Å². The predicted octanol–water partition coefficient (Wildman–Crippen LogP) is 4.60. The van der Waals surface area contributed by atoms with E-state index in [1.54, 1.807) is 0 Å². The summed E-state index contributed by atoms with van der Waals surface area (Å²) in [4.78, 5) is 3.92. The maximum absolute atomic E-state index is 13.7. The third-order valence-electron chi connectivity index (χ3n) is 2.72. The van der Waals surface area contributed by atoms with E-state index < -0.39 is 17.5 Å². The molecule has 0 N–H and O–H groups in total. The number of hydrogen-bond acceptors (Lipinski definition) is 1. The zero-order valence-electron chi connectivity index (χ0n) is 10.1. The highest BCUT2D eigenvalue weighted by Gasteiger charge is 2.22. The van der Waals surface area contributed by atoms with Crippen LogP contribution in [-0.4, -0.2) is 4.98 Å². The lowest BCUT2D eigenvalue weighted by molar-refractivity contribution is 0.453. The Bertz CT molecular complexity index is 632. The normalized spacial score (nSPS) is 12.2. The average Bonchev–Trinajstić information content (AvgIpc) is 2.24. The molecule has 1 aromatic carbocycles. The third-order valence-corrected chi connectivity index (χ3v) is 3.00. The Hall–Kier alpha value is -1.29. The van der Waals surface area contributed by atoms with Crippen LogP contribution in [0.2, 0.25) is 5.15 Å². The molecule has 0 aliphatic heterocycles. The molecule has 0 unspecified atom stereocenters. The Morgan fingerprint density at radius 3 is 2.22 bits per heavy atom. The number of fused-ring (bicyclic) bond motifs is 1. The number of hydrogen-bond donors (Lipinski definition) is 0. The van der Waals surface area contributed by atoms with Gasteiger partial charge in [-0.2, -0.15) is 0 Å². The van der Waals surface area contributed by atoms with Gasteiger partial charge in [-0.3, -0.25) is 0 Å². The van der Waals surface area contributed by atoms with Crippen LogP contribution in [0.4, 0.5) is 13.2 Å². The number of rotatable bonds is 0. The summed E-state index contributed by atoms with van der Waals surface area (Å²) in [6.07, 6.45) is 0. The maximum Gasteiger partial charge on any atom is 0.195 e. The van der Waals surface area contributed by atoms with Gasteiger partial charge in [-0.15, -0.1) is 0 Å². The summed E-state index contributed by atoms with van der Waals surface area (Å²) in [6.45, 7) is 5.62. The minimum absolute atomic E-state index is 0.00407. The van der Waals surface area contributed by atoms with Gasteiger partial charge in [0, 0.05) is 11.5 Å². The van der Waals surface area contributed by atoms with Crippen molar-refractivity contribution in [2.75, 3.05) is 0 Å². The van der Waals surface area contributed by atoms with E-state index in [9.17, 15) is 13.2 Å². The van der Waals surface area contributed by atoms with Crippen molar-refractivity contribution in [3.05, 3.63) is 40.3 Å². The molecule has 0 amide bonds. The Balaban J connectivity index is 2.86. The highest BCUT2D eigenvalue weighted by Crippen LogP contribution is 2.32. The molecule has 96 valence electrons. The van der Waals surface area contributed by atoms with Crippen LogP contribution in [0.1, 0.15) is 26.3 Å². The van der Waals surface area contributed by atoms with Crippen LogP contribution in [0.5, 0.6) is 0 Å². The van der Waals surface area contributed by atoms with Gasteiger partial charge in [0.25, 0.3) is 0 Å². The first-order chi connectivity index (χ1) is 8.21. The van der Waals surface area contributed by atoms with Crippen LogP contribution >= 0.6 is 11.6 Å². The number of benzene rings is 1. The van der Waals surface area contributed by atoms with Crippen LogP contribution < -0.4 is 0 Å². The van der Waals surface area contributed by atoms with Crippen molar-refractivity contribution in [2.45, 2.75) is 26.2 Å². The van der Waals surface area contributed by atoms with E-state index in [4.69, 9.17) is 11.6 Å². The van der Waals surface area contributed by atoms with Gasteiger partial charge in [0.05, 0.1) is 5.52 Å². The average molecular weight is 274 g/mol. The van der Waals surface area contributed by atoms with E-state index in [0.29, 0.717) is 5.56 Å². The molecule has 1 nitrogen and oxygen atoms in total. The second kappa shape index (κ2) is 4.12. The lowest BCUT2D eigenvalue weighted by atomic mass is 9.87. The SMILES string of the molecule is CC(C)(C)c1cc2c(F)c(F)c(F)cc2nc1Cl. The van der Waals surface area contributed by atoms with Crippen molar-refractivity contribution in [1.29, 1.82) is 0 Å². The van der Waals surface area contributed by atoms with Crippen LogP contribution in [0.15, 0.2) is 12.1 Å². The summed E-state index contributed by atoms with van der Waals surface area (Å²) in [5.74, 6) is -4.00. The van der Waals surface area contributed by atoms with Gasteiger partial charge in [0.1, 0.15) is 5.15 Å². The molecule has 2 aromatic rings. The highest BCUT2D eigenvalue weighted by molar-refractivity contribution is 6.30. The monoisotopic (exact) mass is 273 g/mol. The summed E-state index contributed by atoms with van der Waals surface area (Å²) in [5, 5.41) is 0.101. The van der Waals surface area contributed by atoms with Crippen LogP contribution in [0.25, 0.3) is 10.9 Å². The summed E-state index contributed by atoms with van der Waals surface area (Å²) >= 11 is 5.98. The number of nitrogens with zero attached hydrogens (tertiary/aromatic N) is 1. The molecule has 0 fully saturated rings. The minimum atomic E-state index is -1.49. The zero-order valence-corrected chi connectivity index (χ0v) is 10.9. The molecular weight excluding hydrogens is 263 g/mol. The fraction of sp³-hybridized carbons (Fsp3) is 0.308. The molecule has 18 heavy (non-hydrogen) atoms. The first kappa shape index (κ1) is 13.1. The molecule has 0 aliphatic rings. The van der Waals surface area contributed by atoms with Gasteiger partial charge in [-0.05, 0) is 17.0 Å². The van der Waals surface area contributed by atoms with Gasteiger partial charge < -0.3 is 0 Å². The summed E-state index contributed by atoms with van der Waals surface area (Å²) in [6, 6.07) is 2.26. The smallest absolute Gasteiger partial charge is 0.195 e. The van der Waals surface area contributed by atoms with E-state index in [-0.39, 0.29) is 21.5 Å². The van der Waals surface area contributed by atoms with Crippen LogP contribution in [0, 0.1) is 17.5 Å². The molecule has 5 heteroatoms. The third kappa shape index (κ3) is 2.05. The fourth-order valence-corrected chi connectivity index (χ4v) is 2.15. The first-order valence-electron chi connectivity index (χ1n) is 5.36. The highest BCUT2D eigenvalue weighted by atomic mass is 35.5. The predicted molar refractivity (Wildman–Crippen MR) is 65.3 cm³/mol. The Morgan fingerprint density at radius 1 is 1.06 bits per heavy atom. The summed E-state index contributed by atoms with van der Waals surface area (Å²) in [5.41, 5.74) is 0.223. The van der Waals surface area contributed by atoms with E-state index in [1.807, 2.05) is 20.8 Å². The quantitative estimate of drug-likeness (QED) is 0.505. The van der Waals surface area contributed by atoms with Gasteiger partial charge >= 0.3 is 0 Å². The lowest BCUT2D eigenvalue weighted by Crippen LogP contribution is -2.13. The van der Waals surface area contributed by atoms with E-state index in [0.717, 1.165) is 6.07 Å². The van der Waals surface area contributed by atoms with Crippen molar-refractivity contribution in [1.82, 2.24) is 4.98 Å². The molecule has 1 heterocycles. The molecular formula is C13H11ClF3N.